The maximum Gasteiger partial charge on any atom is 0.0633 e. The molecule has 0 aromatic rings. The van der Waals surface area contributed by atoms with Gasteiger partial charge in [0.1, 0.15) is 0 Å². The Balaban J connectivity index is 1.65. The number of hydrogen-bond acceptors (Lipinski definition) is 2. The van der Waals surface area contributed by atoms with E-state index in [0.717, 1.165) is 18.5 Å². The molecular weight excluding hydrogens is 352 g/mol. The molecule has 0 aromatic heterocycles. The lowest BCUT2D eigenvalue weighted by Crippen LogP contribution is -2.30. The van der Waals surface area contributed by atoms with Gasteiger partial charge in [0.15, 0.2) is 0 Å². The van der Waals surface area contributed by atoms with Crippen LogP contribution >= 0.6 is 15.9 Å². The summed E-state index contributed by atoms with van der Waals surface area (Å²) in [6.07, 6.45) is 18.4. The molecule has 2 rings (SSSR count). The summed E-state index contributed by atoms with van der Waals surface area (Å²) in [5.41, 5.74) is 0. The smallest absolute Gasteiger partial charge is 0.0633 e. The van der Waals surface area contributed by atoms with Crippen molar-refractivity contribution in [3.05, 3.63) is 12.2 Å². The van der Waals surface area contributed by atoms with E-state index >= 15 is 0 Å². The number of hydrogen-bond donors (Lipinski definition) is 0. The van der Waals surface area contributed by atoms with Crippen LogP contribution in [0.3, 0.4) is 0 Å². The van der Waals surface area contributed by atoms with Crippen molar-refractivity contribution < 1.29 is 9.47 Å². The molecule has 0 unspecified atom stereocenters. The average Bonchev–Trinajstić information content (AvgIpc) is 3.16. The van der Waals surface area contributed by atoms with Crippen LogP contribution in [0.15, 0.2) is 12.2 Å². The van der Waals surface area contributed by atoms with E-state index in [0.29, 0.717) is 24.0 Å². The van der Waals surface area contributed by atoms with Crippen LogP contribution in [0.1, 0.15) is 71.1 Å². The topological polar surface area (TPSA) is 18.5 Å². The molecular formula is C20H35BrO2. The summed E-state index contributed by atoms with van der Waals surface area (Å²) in [5, 5.41) is 1.12. The minimum absolute atomic E-state index is 0.474. The minimum atomic E-state index is 0.474. The molecule has 0 spiro atoms. The summed E-state index contributed by atoms with van der Waals surface area (Å²) in [5.74, 6) is 1.32. The van der Waals surface area contributed by atoms with Crippen molar-refractivity contribution in [2.24, 2.45) is 11.8 Å². The van der Waals surface area contributed by atoms with Gasteiger partial charge in [0, 0.05) is 17.9 Å². The van der Waals surface area contributed by atoms with E-state index in [2.05, 4.69) is 35.0 Å². The molecule has 3 heteroatoms. The SMILES string of the molecule is CCCCCCOC[C@@H]1[C@H](C/C=C\CCCCBr)[C@@H]2CC[C@H]1O2. The van der Waals surface area contributed by atoms with E-state index in [1.54, 1.807) is 0 Å². The van der Waals surface area contributed by atoms with Crippen molar-refractivity contribution in [2.45, 2.75) is 83.3 Å². The lowest BCUT2D eigenvalue weighted by molar-refractivity contribution is 0.0478. The second-order valence-electron chi connectivity index (χ2n) is 7.15. The molecule has 0 N–H and O–H groups in total. The van der Waals surface area contributed by atoms with Gasteiger partial charge in [-0.3, -0.25) is 0 Å². The number of halogens is 1. The first-order valence-corrected chi connectivity index (χ1v) is 10.9. The maximum atomic E-state index is 6.17. The second kappa shape index (κ2) is 11.7. The minimum Gasteiger partial charge on any atom is -0.381 e. The van der Waals surface area contributed by atoms with E-state index in [4.69, 9.17) is 9.47 Å². The normalized spacial score (nSPS) is 29.8. The molecule has 2 heterocycles. The molecule has 0 radical (unpaired) electrons. The number of unbranched alkanes of at least 4 members (excludes halogenated alkanes) is 5. The van der Waals surface area contributed by atoms with E-state index in [-0.39, 0.29) is 0 Å². The lowest BCUT2D eigenvalue weighted by Gasteiger charge is -2.27. The van der Waals surface area contributed by atoms with Gasteiger partial charge >= 0.3 is 0 Å². The Morgan fingerprint density at radius 3 is 2.61 bits per heavy atom. The van der Waals surface area contributed by atoms with Crippen molar-refractivity contribution in [3.8, 4) is 0 Å². The highest BCUT2D eigenvalue weighted by Gasteiger charge is 2.48. The fourth-order valence-electron chi connectivity index (χ4n) is 4.01. The first kappa shape index (κ1) is 19.5. The highest BCUT2D eigenvalue weighted by atomic mass is 79.9. The molecule has 2 saturated heterocycles. The molecule has 0 amide bonds. The average molecular weight is 387 g/mol. The quantitative estimate of drug-likeness (QED) is 0.223. The summed E-state index contributed by atoms with van der Waals surface area (Å²) in [6, 6.07) is 0. The van der Waals surface area contributed by atoms with Crippen LogP contribution in [0.4, 0.5) is 0 Å². The molecule has 4 atom stereocenters. The van der Waals surface area contributed by atoms with Crippen molar-refractivity contribution in [2.75, 3.05) is 18.5 Å². The Hall–Kier alpha value is 0.140. The first-order chi connectivity index (χ1) is 11.4. The molecule has 0 saturated carbocycles. The van der Waals surface area contributed by atoms with E-state index < -0.39 is 0 Å². The molecule has 0 aromatic carbocycles. The summed E-state index contributed by atoms with van der Waals surface area (Å²) in [4.78, 5) is 0. The van der Waals surface area contributed by atoms with E-state index in [1.807, 2.05) is 0 Å². The van der Waals surface area contributed by atoms with E-state index in [1.165, 1.54) is 64.2 Å². The van der Waals surface area contributed by atoms with Gasteiger partial charge in [0.2, 0.25) is 0 Å². The van der Waals surface area contributed by atoms with E-state index in [9.17, 15) is 0 Å². The Morgan fingerprint density at radius 2 is 1.83 bits per heavy atom. The summed E-state index contributed by atoms with van der Waals surface area (Å²) >= 11 is 3.49. The molecule has 2 bridgehead atoms. The second-order valence-corrected chi connectivity index (χ2v) is 7.94. The summed E-state index contributed by atoms with van der Waals surface area (Å²) in [7, 11) is 0. The largest absolute Gasteiger partial charge is 0.381 e. The molecule has 23 heavy (non-hydrogen) atoms. The van der Waals surface area contributed by atoms with Gasteiger partial charge in [-0.15, -0.1) is 0 Å². The highest BCUT2D eigenvalue weighted by Crippen LogP contribution is 2.45. The monoisotopic (exact) mass is 386 g/mol. The van der Waals surface area contributed by atoms with Crippen molar-refractivity contribution in [1.29, 1.82) is 0 Å². The van der Waals surface area contributed by atoms with Crippen LogP contribution in [0, 0.1) is 11.8 Å². The van der Waals surface area contributed by atoms with Gasteiger partial charge in [-0.1, -0.05) is 54.3 Å². The fraction of sp³-hybridized carbons (Fsp3) is 0.900. The number of allylic oxidation sites excluding steroid dienone is 2. The third kappa shape index (κ3) is 6.51. The Morgan fingerprint density at radius 1 is 1.00 bits per heavy atom. The molecule has 2 nitrogen and oxygen atoms in total. The Kier molecular flexibility index (Phi) is 9.86. The predicted octanol–water partition coefficient (Wildman–Crippen LogP) is 5.89. The van der Waals surface area contributed by atoms with Crippen LogP contribution in [-0.2, 0) is 9.47 Å². The van der Waals surface area contributed by atoms with Gasteiger partial charge in [0.05, 0.1) is 18.8 Å². The third-order valence-electron chi connectivity index (χ3n) is 5.37. The van der Waals surface area contributed by atoms with Gasteiger partial charge in [-0.05, 0) is 50.9 Å². The fourth-order valence-corrected chi connectivity index (χ4v) is 4.40. The maximum absolute atomic E-state index is 6.17. The summed E-state index contributed by atoms with van der Waals surface area (Å²) < 4.78 is 12.2. The van der Waals surface area contributed by atoms with Crippen LogP contribution in [-0.4, -0.2) is 30.8 Å². The molecule has 134 valence electrons. The highest BCUT2D eigenvalue weighted by molar-refractivity contribution is 9.09. The van der Waals surface area contributed by atoms with Crippen molar-refractivity contribution in [1.82, 2.24) is 0 Å². The zero-order valence-electron chi connectivity index (χ0n) is 14.9. The van der Waals surface area contributed by atoms with Gasteiger partial charge in [-0.25, -0.2) is 0 Å². The van der Waals surface area contributed by atoms with Crippen molar-refractivity contribution >= 4 is 15.9 Å². The van der Waals surface area contributed by atoms with Crippen LogP contribution in [0.25, 0.3) is 0 Å². The zero-order valence-corrected chi connectivity index (χ0v) is 16.4. The van der Waals surface area contributed by atoms with Gasteiger partial charge in [0.25, 0.3) is 0 Å². The first-order valence-electron chi connectivity index (χ1n) is 9.81. The van der Waals surface area contributed by atoms with Gasteiger partial charge < -0.3 is 9.47 Å². The summed E-state index contributed by atoms with van der Waals surface area (Å²) in [6.45, 7) is 4.10. The van der Waals surface area contributed by atoms with Crippen molar-refractivity contribution in [3.63, 3.8) is 0 Å². The Labute approximate surface area is 151 Å². The number of fused-ring (bicyclic) bond motifs is 2. The zero-order chi connectivity index (χ0) is 16.3. The number of alkyl halides is 1. The standard InChI is InChI=1S/C20H35BrO2/c1-2-3-4-10-15-22-16-18-17(19-12-13-20(18)23-19)11-8-6-5-7-9-14-21/h6,8,17-20H,2-5,7,9-16H2,1H3/b8-6-/t17-,18+,19-,20+/m0/s1. The van der Waals surface area contributed by atoms with Crippen LogP contribution in [0.5, 0.6) is 0 Å². The molecule has 0 aliphatic carbocycles. The lowest BCUT2D eigenvalue weighted by atomic mass is 9.78. The predicted molar refractivity (Wildman–Crippen MR) is 101 cm³/mol. The van der Waals surface area contributed by atoms with Crippen LogP contribution < -0.4 is 0 Å². The number of rotatable bonds is 13. The molecule has 2 aliphatic rings. The van der Waals surface area contributed by atoms with Gasteiger partial charge in [-0.2, -0.15) is 0 Å². The Bertz CT molecular complexity index is 332. The number of ether oxygens (including phenoxy) is 2. The molecule has 2 aliphatic heterocycles. The molecule has 2 fully saturated rings. The van der Waals surface area contributed by atoms with Crippen LogP contribution in [0.2, 0.25) is 0 Å². The third-order valence-corrected chi connectivity index (χ3v) is 5.93.